The van der Waals surface area contributed by atoms with Crippen molar-refractivity contribution in [3.05, 3.63) is 58.4 Å². The lowest BCUT2D eigenvalue weighted by Crippen LogP contribution is -2.01. The third-order valence-corrected chi connectivity index (χ3v) is 3.34. The van der Waals surface area contributed by atoms with E-state index >= 15 is 0 Å². The van der Waals surface area contributed by atoms with Crippen LogP contribution >= 0.6 is 0 Å². The van der Waals surface area contributed by atoms with Crippen LogP contribution in [0.5, 0.6) is 0 Å². The van der Waals surface area contributed by atoms with E-state index in [1.807, 2.05) is 32.9 Å². The van der Waals surface area contributed by atoms with E-state index in [9.17, 15) is 14.3 Å². The van der Waals surface area contributed by atoms with Crippen LogP contribution < -0.4 is 0 Å². The smallest absolute Gasteiger partial charge is 0.336 e. The molecule has 0 spiro atoms. The summed E-state index contributed by atoms with van der Waals surface area (Å²) in [6, 6.07) is 7.84. The summed E-state index contributed by atoms with van der Waals surface area (Å²) in [6.07, 6.45) is 0. The number of benzene rings is 2. The van der Waals surface area contributed by atoms with Crippen molar-refractivity contribution >= 4 is 5.97 Å². The van der Waals surface area contributed by atoms with Gasteiger partial charge in [-0.2, -0.15) is 0 Å². The summed E-state index contributed by atoms with van der Waals surface area (Å²) >= 11 is 0. The Labute approximate surface area is 111 Å². The number of carbonyl (C=O) groups is 1. The van der Waals surface area contributed by atoms with Crippen molar-refractivity contribution in [3.63, 3.8) is 0 Å². The molecule has 0 amide bonds. The minimum absolute atomic E-state index is 0.00801. The molecule has 0 fully saturated rings. The van der Waals surface area contributed by atoms with Crippen molar-refractivity contribution < 1.29 is 14.3 Å². The van der Waals surface area contributed by atoms with Gasteiger partial charge in [-0.1, -0.05) is 18.2 Å². The van der Waals surface area contributed by atoms with Crippen LogP contribution in [0.3, 0.4) is 0 Å². The zero-order chi connectivity index (χ0) is 14.2. The molecule has 0 radical (unpaired) electrons. The van der Waals surface area contributed by atoms with Gasteiger partial charge in [0.05, 0.1) is 5.56 Å². The Hall–Kier alpha value is -2.16. The Morgan fingerprint density at radius 3 is 2.21 bits per heavy atom. The van der Waals surface area contributed by atoms with Crippen LogP contribution in [0.1, 0.15) is 27.0 Å². The van der Waals surface area contributed by atoms with Gasteiger partial charge in [0.2, 0.25) is 0 Å². The van der Waals surface area contributed by atoms with Gasteiger partial charge < -0.3 is 5.11 Å². The fourth-order valence-corrected chi connectivity index (χ4v) is 2.18. The van der Waals surface area contributed by atoms with Crippen LogP contribution in [0.4, 0.5) is 4.39 Å². The van der Waals surface area contributed by atoms with Crippen molar-refractivity contribution in [1.82, 2.24) is 0 Å². The summed E-state index contributed by atoms with van der Waals surface area (Å²) in [5.41, 5.74) is 4.60. The monoisotopic (exact) mass is 258 g/mol. The SMILES string of the molecule is Cc1cc(C)c(-c2ccc(F)cc2C(=O)O)cc1C. The molecule has 0 saturated heterocycles. The van der Waals surface area contributed by atoms with Gasteiger partial charge in [-0.05, 0) is 60.7 Å². The highest BCUT2D eigenvalue weighted by Gasteiger charge is 2.15. The predicted molar refractivity (Wildman–Crippen MR) is 73.0 cm³/mol. The molecule has 0 aliphatic rings. The number of halogens is 1. The van der Waals surface area contributed by atoms with Crippen molar-refractivity contribution in [2.24, 2.45) is 0 Å². The average molecular weight is 258 g/mol. The molecule has 1 N–H and O–H groups in total. The van der Waals surface area contributed by atoms with Crippen molar-refractivity contribution in [3.8, 4) is 11.1 Å². The van der Waals surface area contributed by atoms with E-state index in [1.165, 1.54) is 12.1 Å². The third-order valence-electron chi connectivity index (χ3n) is 3.34. The summed E-state index contributed by atoms with van der Waals surface area (Å²) in [6.45, 7) is 5.91. The average Bonchev–Trinajstić information content (AvgIpc) is 2.34. The lowest BCUT2D eigenvalue weighted by atomic mass is 9.92. The number of carboxylic acids is 1. The first-order valence-electron chi connectivity index (χ1n) is 6.01. The first-order chi connectivity index (χ1) is 8.90. The highest BCUT2D eigenvalue weighted by atomic mass is 19.1. The molecule has 0 unspecified atom stereocenters. The number of hydrogen-bond donors (Lipinski definition) is 1. The number of rotatable bonds is 2. The van der Waals surface area contributed by atoms with Gasteiger partial charge >= 0.3 is 5.97 Å². The van der Waals surface area contributed by atoms with E-state index in [1.54, 1.807) is 0 Å². The minimum atomic E-state index is -1.12. The number of aromatic carboxylic acids is 1. The molecule has 19 heavy (non-hydrogen) atoms. The van der Waals surface area contributed by atoms with Gasteiger partial charge in [-0.25, -0.2) is 9.18 Å². The predicted octanol–water partition coefficient (Wildman–Crippen LogP) is 4.12. The normalized spacial score (nSPS) is 10.5. The van der Waals surface area contributed by atoms with Crippen LogP contribution in [0.15, 0.2) is 30.3 Å². The molecule has 0 heterocycles. The molecule has 2 aromatic carbocycles. The molecule has 0 saturated carbocycles. The topological polar surface area (TPSA) is 37.3 Å². The summed E-state index contributed by atoms with van der Waals surface area (Å²) in [7, 11) is 0. The second kappa shape index (κ2) is 4.84. The molecule has 2 nitrogen and oxygen atoms in total. The zero-order valence-corrected chi connectivity index (χ0v) is 11.1. The second-order valence-electron chi connectivity index (χ2n) is 4.75. The largest absolute Gasteiger partial charge is 0.478 e. The van der Waals surface area contributed by atoms with Gasteiger partial charge in [0.1, 0.15) is 5.82 Å². The molecule has 0 bridgehead atoms. The number of hydrogen-bond acceptors (Lipinski definition) is 1. The number of carboxylic acid groups (broad SMARTS) is 1. The third kappa shape index (κ3) is 2.50. The molecular formula is C16H15FO2. The highest BCUT2D eigenvalue weighted by Crippen LogP contribution is 2.29. The minimum Gasteiger partial charge on any atom is -0.478 e. The second-order valence-corrected chi connectivity index (χ2v) is 4.75. The summed E-state index contributed by atoms with van der Waals surface area (Å²) in [5.74, 6) is -1.66. The Bertz CT molecular complexity index is 660. The molecule has 0 aliphatic carbocycles. The highest BCUT2D eigenvalue weighted by molar-refractivity contribution is 5.96. The fraction of sp³-hybridized carbons (Fsp3) is 0.188. The van der Waals surface area contributed by atoms with Crippen LogP contribution in [-0.4, -0.2) is 11.1 Å². The molecule has 0 aliphatic heterocycles. The first-order valence-corrected chi connectivity index (χ1v) is 6.01. The summed E-state index contributed by atoms with van der Waals surface area (Å²) in [5, 5.41) is 9.20. The Morgan fingerprint density at radius 2 is 1.58 bits per heavy atom. The maximum absolute atomic E-state index is 13.2. The van der Waals surface area contributed by atoms with Crippen molar-refractivity contribution in [2.45, 2.75) is 20.8 Å². The van der Waals surface area contributed by atoms with Crippen LogP contribution in [0.2, 0.25) is 0 Å². The molecule has 98 valence electrons. The van der Waals surface area contributed by atoms with Crippen LogP contribution in [0.25, 0.3) is 11.1 Å². The van der Waals surface area contributed by atoms with E-state index in [2.05, 4.69) is 0 Å². The van der Waals surface area contributed by atoms with E-state index in [0.29, 0.717) is 5.56 Å². The quantitative estimate of drug-likeness (QED) is 0.879. The first kappa shape index (κ1) is 13.3. The standard InChI is InChI=1S/C16H15FO2/c1-9-6-11(3)14(7-10(9)2)13-5-4-12(17)8-15(13)16(18)19/h4-8H,1-3H3,(H,18,19). The molecule has 2 aromatic rings. The van der Waals surface area contributed by atoms with Gasteiger partial charge in [0.25, 0.3) is 0 Å². The van der Waals surface area contributed by atoms with Crippen LogP contribution in [0, 0.1) is 26.6 Å². The molecular weight excluding hydrogens is 243 g/mol. The lowest BCUT2D eigenvalue weighted by Gasteiger charge is -2.12. The van der Waals surface area contributed by atoms with Crippen LogP contribution in [-0.2, 0) is 0 Å². The van der Waals surface area contributed by atoms with Gasteiger partial charge in [-0.15, -0.1) is 0 Å². The zero-order valence-electron chi connectivity index (χ0n) is 11.1. The molecule has 2 rings (SSSR count). The van der Waals surface area contributed by atoms with E-state index < -0.39 is 11.8 Å². The Kier molecular flexibility index (Phi) is 3.38. The lowest BCUT2D eigenvalue weighted by molar-refractivity contribution is 0.0697. The van der Waals surface area contributed by atoms with E-state index in [-0.39, 0.29) is 5.56 Å². The molecule has 3 heteroatoms. The Morgan fingerprint density at radius 1 is 0.947 bits per heavy atom. The maximum Gasteiger partial charge on any atom is 0.336 e. The van der Waals surface area contributed by atoms with Gasteiger partial charge in [0, 0.05) is 0 Å². The van der Waals surface area contributed by atoms with Crippen molar-refractivity contribution in [1.29, 1.82) is 0 Å². The maximum atomic E-state index is 13.2. The van der Waals surface area contributed by atoms with Crippen molar-refractivity contribution in [2.75, 3.05) is 0 Å². The van der Waals surface area contributed by atoms with E-state index in [0.717, 1.165) is 28.3 Å². The summed E-state index contributed by atoms with van der Waals surface area (Å²) < 4.78 is 13.2. The van der Waals surface area contributed by atoms with Gasteiger partial charge in [0.15, 0.2) is 0 Å². The van der Waals surface area contributed by atoms with E-state index in [4.69, 9.17) is 0 Å². The van der Waals surface area contributed by atoms with Gasteiger partial charge in [-0.3, -0.25) is 0 Å². The molecule has 0 atom stereocenters. The summed E-state index contributed by atoms with van der Waals surface area (Å²) in [4.78, 5) is 11.2. The molecule has 0 aromatic heterocycles. The number of aryl methyl sites for hydroxylation is 3. The fourth-order valence-electron chi connectivity index (χ4n) is 2.18. The Balaban J connectivity index is 2.72.